The monoisotopic (exact) mass is 358 g/mol. The highest BCUT2D eigenvalue weighted by molar-refractivity contribution is 6.42. The highest BCUT2D eigenvalue weighted by Crippen LogP contribution is 2.24. The lowest BCUT2D eigenvalue weighted by Crippen LogP contribution is -2.22. The fraction of sp³-hybridized carbons (Fsp3) is 0.158. The highest BCUT2D eigenvalue weighted by Gasteiger charge is 2.08. The van der Waals surface area contributed by atoms with Crippen molar-refractivity contribution < 1.29 is 0 Å². The smallest absolute Gasteiger partial charge is 0.267 e. The second-order valence-electron chi connectivity index (χ2n) is 5.78. The first-order valence-electron chi connectivity index (χ1n) is 7.54. The van der Waals surface area contributed by atoms with Crippen LogP contribution < -0.4 is 5.56 Å². The van der Waals surface area contributed by atoms with Crippen molar-refractivity contribution in [2.75, 3.05) is 0 Å². The van der Waals surface area contributed by atoms with E-state index in [0.717, 1.165) is 22.4 Å². The van der Waals surface area contributed by atoms with Crippen molar-refractivity contribution in [3.63, 3.8) is 0 Å². The molecule has 0 spiro atoms. The Balaban J connectivity index is 2.00. The first-order valence-corrected chi connectivity index (χ1v) is 8.29. The van der Waals surface area contributed by atoms with E-state index in [4.69, 9.17) is 23.2 Å². The van der Waals surface area contributed by atoms with E-state index in [1.54, 1.807) is 24.3 Å². The third kappa shape index (κ3) is 3.53. The van der Waals surface area contributed by atoms with Gasteiger partial charge in [0.05, 0.1) is 22.3 Å². The molecule has 0 aliphatic carbocycles. The maximum Gasteiger partial charge on any atom is 0.267 e. The maximum atomic E-state index is 12.1. The Morgan fingerprint density at radius 3 is 2.46 bits per heavy atom. The molecule has 0 fully saturated rings. The van der Waals surface area contributed by atoms with Gasteiger partial charge in [-0.3, -0.25) is 4.79 Å². The molecule has 2 aromatic carbocycles. The zero-order valence-electron chi connectivity index (χ0n) is 13.4. The van der Waals surface area contributed by atoms with Crippen LogP contribution in [0.25, 0.3) is 11.3 Å². The molecule has 3 rings (SSSR count). The molecule has 0 saturated heterocycles. The van der Waals surface area contributed by atoms with Gasteiger partial charge in [0.2, 0.25) is 0 Å². The van der Waals surface area contributed by atoms with Crippen LogP contribution in [0.3, 0.4) is 0 Å². The molecule has 3 aromatic rings. The topological polar surface area (TPSA) is 34.9 Å². The first-order chi connectivity index (χ1) is 11.4. The lowest BCUT2D eigenvalue weighted by Gasteiger charge is -2.10. The van der Waals surface area contributed by atoms with E-state index < -0.39 is 0 Å². The second kappa shape index (κ2) is 6.80. The molecule has 0 aliphatic rings. The number of aryl methyl sites for hydroxylation is 2. The van der Waals surface area contributed by atoms with E-state index >= 15 is 0 Å². The van der Waals surface area contributed by atoms with Crippen molar-refractivity contribution in [3.8, 4) is 11.3 Å². The summed E-state index contributed by atoms with van der Waals surface area (Å²) in [5.41, 5.74) is 4.82. The van der Waals surface area contributed by atoms with E-state index in [-0.39, 0.29) is 5.56 Å². The van der Waals surface area contributed by atoms with E-state index in [9.17, 15) is 4.79 Å². The molecule has 5 heteroatoms. The number of halogens is 2. The molecule has 0 radical (unpaired) electrons. The van der Waals surface area contributed by atoms with Crippen LogP contribution in [0, 0.1) is 13.8 Å². The molecule has 0 bridgehead atoms. The molecule has 122 valence electrons. The minimum Gasteiger partial charge on any atom is -0.268 e. The van der Waals surface area contributed by atoms with Crippen LogP contribution in [0.15, 0.2) is 53.3 Å². The van der Waals surface area contributed by atoms with Gasteiger partial charge < -0.3 is 0 Å². The van der Waals surface area contributed by atoms with Crippen molar-refractivity contribution in [3.05, 3.63) is 85.6 Å². The molecule has 0 amide bonds. The Labute approximate surface area is 150 Å². The van der Waals surface area contributed by atoms with Crippen LogP contribution in [0.2, 0.25) is 10.0 Å². The standard InChI is InChI=1S/C19H16Cl2N2O/c1-12-3-5-15(13(2)9-12)18-7-8-19(24)23(22-18)11-14-4-6-16(20)17(21)10-14/h3-10H,11H2,1-2H3. The summed E-state index contributed by atoms with van der Waals surface area (Å²) in [7, 11) is 0. The third-order valence-electron chi connectivity index (χ3n) is 3.84. The molecular weight excluding hydrogens is 343 g/mol. The maximum absolute atomic E-state index is 12.1. The van der Waals surface area contributed by atoms with Gasteiger partial charge in [-0.25, -0.2) is 4.68 Å². The number of benzene rings is 2. The van der Waals surface area contributed by atoms with Crippen LogP contribution in [0.5, 0.6) is 0 Å². The lowest BCUT2D eigenvalue weighted by molar-refractivity contribution is 0.642. The minimum absolute atomic E-state index is 0.158. The van der Waals surface area contributed by atoms with Crippen LogP contribution in [-0.4, -0.2) is 9.78 Å². The second-order valence-corrected chi connectivity index (χ2v) is 6.60. The number of hydrogen-bond acceptors (Lipinski definition) is 2. The van der Waals surface area contributed by atoms with Gasteiger partial charge in [-0.2, -0.15) is 5.10 Å². The molecule has 0 saturated carbocycles. The summed E-state index contributed by atoms with van der Waals surface area (Å²) in [5.74, 6) is 0. The predicted octanol–water partition coefficient (Wildman–Crippen LogP) is 4.88. The summed E-state index contributed by atoms with van der Waals surface area (Å²) in [6.07, 6.45) is 0. The zero-order valence-corrected chi connectivity index (χ0v) is 14.9. The van der Waals surface area contributed by atoms with Crippen molar-refractivity contribution in [2.24, 2.45) is 0 Å². The summed E-state index contributed by atoms with van der Waals surface area (Å²) in [5, 5.41) is 5.46. The predicted molar refractivity (Wildman–Crippen MR) is 99.0 cm³/mol. The molecule has 3 nitrogen and oxygen atoms in total. The van der Waals surface area contributed by atoms with Gasteiger partial charge in [0, 0.05) is 11.6 Å². The van der Waals surface area contributed by atoms with E-state index in [1.807, 2.05) is 25.1 Å². The van der Waals surface area contributed by atoms with Crippen LogP contribution in [0.4, 0.5) is 0 Å². The van der Waals surface area contributed by atoms with E-state index in [1.165, 1.54) is 10.2 Å². The Morgan fingerprint density at radius 1 is 0.958 bits per heavy atom. The molecule has 1 aromatic heterocycles. The SMILES string of the molecule is Cc1ccc(-c2ccc(=O)n(Cc3ccc(Cl)c(Cl)c3)n2)c(C)c1. The largest absolute Gasteiger partial charge is 0.268 e. The molecule has 1 heterocycles. The fourth-order valence-electron chi connectivity index (χ4n) is 2.62. The normalized spacial score (nSPS) is 10.8. The molecule has 0 aliphatic heterocycles. The molecule has 0 atom stereocenters. The van der Waals surface area contributed by atoms with Gasteiger partial charge >= 0.3 is 0 Å². The highest BCUT2D eigenvalue weighted by atomic mass is 35.5. The number of aromatic nitrogens is 2. The Morgan fingerprint density at radius 2 is 1.75 bits per heavy atom. The van der Waals surface area contributed by atoms with Gasteiger partial charge in [0.1, 0.15) is 0 Å². The van der Waals surface area contributed by atoms with Crippen molar-refractivity contribution >= 4 is 23.2 Å². The van der Waals surface area contributed by atoms with Gasteiger partial charge in [-0.1, -0.05) is 53.0 Å². The molecular formula is C19H16Cl2N2O. The summed E-state index contributed by atoms with van der Waals surface area (Å²) in [4.78, 5) is 12.1. The quantitative estimate of drug-likeness (QED) is 0.668. The fourth-order valence-corrected chi connectivity index (χ4v) is 2.94. The number of hydrogen-bond donors (Lipinski definition) is 0. The van der Waals surface area contributed by atoms with Gasteiger partial charge in [0.25, 0.3) is 5.56 Å². The zero-order chi connectivity index (χ0) is 17.3. The summed E-state index contributed by atoms with van der Waals surface area (Å²) in [6, 6.07) is 14.8. The Kier molecular flexibility index (Phi) is 4.74. The average molecular weight is 359 g/mol. The average Bonchev–Trinajstić information content (AvgIpc) is 2.53. The Bertz CT molecular complexity index is 964. The Hall–Kier alpha value is -2.10. The molecule has 0 N–H and O–H groups in total. The van der Waals surface area contributed by atoms with Crippen LogP contribution >= 0.6 is 23.2 Å². The summed E-state index contributed by atoms with van der Waals surface area (Å²) < 4.78 is 1.44. The van der Waals surface area contributed by atoms with E-state index in [2.05, 4.69) is 18.1 Å². The van der Waals surface area contributed by atoms with Gasteiger partial charge in [-0.05, 0) is 43.2 Å². The number of nitrogens with zero attached hydrogens (tertiary/aromatic N) is 2. The van der Waals surface area contributed by atoms with Gasteiger partial charge in [0.15, 0.2) is 0 Å². The van der Waals surface area contributed by atoms with Crippen LogP contribution in [0.1, 0.15) is 16.7 Å². The summed E-state index contributed by atoms with van der Waals surface area (Å²) >= 11 is 12.0. The minimum atomic E-state index is -0.158. The first kappa shape index (κ1) is 16.7. The van der Waals surface area contributed by atoms with E-state index in [0.29, 0.717) is 16.6 Å². The van der Waals surface area contributed by atoms with Crippen molar-refractivity contribution in [1.29, 1.82) is 0 Å². The molecule has 0 unspecified atom stereocenters. The number of rotatable bonds is 3. The third-order valence-corrected chi connectivity index (χ3v) is 4.58. The lowest BCUT2D eigenvalue weighted by atomic mass is 10.0. The van der Waals surface area contributed by atoms with Crippen molar-refractivity contribution in [2.45, 2.75) is 20.4 Å². The van der Waals surface area contributed by atoms with Crippen LogP contribution in [-0.2, 0) is 6.54 Å². The van der Waals surface area contributed by atoms with Gasteiger partial charge in [-0.15, -0.1) is 0 Å². The summed E-state index contributed by atoms with van der Waals surface area (Å²) in [6.45, 7) is 4.43. The van der Waals surface area contributed by atoms with Crippen molar-refractivity contribution in [1.82, 2.24) is 9.78 Å². The molecule has 24 heavy (non-hydrogen) atoms.